The zero-order chi connectivity index (χ0) is 12.1. The highest BCUT2D eigenvalue weighted by Gasteiger charge is 2.14. The third-order valence-corrected chi connectivity index (χ3v) is 2.41. The number of nitrogens with zero attached hydrogens (tertiary/aromatic N) is 2. The number of carbonyl (C=O) groups is 1. The van der Waals surface area contributed by atoms with E-state index in [1.54, 1.807) is 10.7 Å². The normalized spacial score (nSPS) is 12.5. The predicted octanol–water partition coefficient (Wildman–Crippen LogP) is 0.679. The fraction of sp³-hybridized carbons (Fsp3) is 0.636. The molecule has 0 spiro atoms. The molecule has 1 aromatic rings. The Hall–Kier alpha value is -1.36. The summed E-state index contributed by atoms with van der Waals surface area (Å²) in [5.41, 5.74) is 6.91. The van der Waals surface area contributed by atoms with Gasteiger partial charge in [0.1, 0.15) is 5.69 Å². The first-order valence-corrected chi connectivity index (χ1v) is 5.63. The maximum absolute atomic E-state index is 11.9. The standard InChI is InChI=1S/C11H20N4O/c1-4-15-10(7-9(3)14-15)11(16)13-8(2)5-6-12/h7-8H,4-6,12H2,1-3H3,(H,13,16). The minimum absolute atomic E-state index is 0.0802. The second-order valence-electron chi connectivity index (χ2n) is 3.94. The van der Waals surface area contributed by atoms with Gasteiger partial charge in [-0.05, 0) is 39.8 Å². The van der Waals surface area contributed by atoms with E-state index in [1.165, 1.54) is 0 Å². The minimum Gasteiger partial charge on any atom is -0.348 e. The lowest BCUT2D eigenvalue weighted by molar-refractivity contribution is 0.0928. The lowest BCUT2D eigenvalue weighted by Crippen LogP contribution is -2.35. The fourth-order valence-corrected chi connectivity index (χ4v) is 1.59. The zero-order valence-electron chi connectivity index (χ0n) is 10.2. The van der Waals surface area contributed by atoms with Crippen molar-refractivity contribution in [3.8, 4) is 0 Å². The van der Waals surface area contributed by atoms with Crippen molar-refractivity contribution < 1.29 is 4.79 Å². The van der Waals surface area contributed by atoms with Crippen LogP contribution >= 0.6 is 0 Å². The molecule has 1 aromatic heterocycles. The van der Waals surface area contributed by atoms with Crippen LogP contribution < -0.4 is 11.1 Å². The number of nitrogens with one attached hydrogen (secondary N) is 1. The average molecular weight is 224 g/mol. The van der Waals surface area contributed by atoms with Crippen molar-refractivity contribution in [1.82, 2.24) is 15.1 Å². The summed E-state index contributed by atoms with van der Waals surface area (Å²) in [6, 6.07) is 1.89. The molecule has 1 heterocycles. The number of rotatable bonds is 5. The molecule has 0 fully saturated rings. The largest absolute Gasteiger partial charge is 0.348 e. The van der Waals surface area contributed by atoms with Gasteiger partial charge in [-0.1, -0.05) is 0 Å². The first kappa shape index (κ1) is 12.7. The van der Waals surface area contributed by atoms with E-state index in [-0.39, 0.29) is 11.9 Å². The second-order valence-corrected chi connectivity index (χ2v) is 3.94. The number of aromatic nitrogens is 2. The van der Waals surface area contributed by atoms with E-state index in [9.17, 15) is 4.79 Å². The number of carbonyl (C=O) groups excluding carboxylic acids is 1. The van der Waals surface area contributed by atoms with Crippen LogP contribution in [-0.4, -0.2) is 28.3 Å². The maximum Gasteiger partial charge on any atom is 0.269 e. The molecule has 1 atom stereocenters. The average Bonchev–Trinajstić information content (AvgIpc) is 2.59. The lowest BCUT2D eigenvalue weighted by Gasteiger charge is -2.12. The Kier molecular flexibility index (Phi) is 4.49. The summed E-state index contributed by atoms with van der Waals surface area (Å²) in [5, 5.41) is 7.14. The van der Waals surface area contributed by atoms with Crippen molar-refractivity contribution in [2.45, 2.75) is 39.8 Å². The van der Waals surface area contributed by atoms with E-state index in [1.807, 2.05) is 20.8 Å². The Bertz CT molecular complexity index is 359. The van der Waals surface area contributed by atoms with Crippen molar-refractivity contribution in [3.63, 3.8) is 0 Å². The Morgan fingerprint density at radius 2 is 2.38 bits per heavy atom. The highest BCUT2D eigenvalue weighted by Crippen LogP contribution is 2.04. The van der Waals surface area contributed by atoms with E-state index >= 15 is 0 Å². The smallest absolute Gasteiger partial charge is 0.269 e. The van der Waals surface area contributed by atoms with Gasteiger partial charge in [-0.3, -0.25) is 9.48 Å². The summed E-state index contributed by atoms with van der Waals surface area (Å²) >= 11 is 0. The summed E-state index contributed by atoms with van der Waals surface area (Å²) in [5.74, 6) is -0.0802. The first-order valence-electron chi connectivity index (χ1n) is 5.63. The van der Waals surface area contributed by atoms with Gasteiger partial charge < -0.3 is 11.1 Å². The number of hydrogen-bond acceptors (Lipinski definition) is 3. The number of nitrogens with two attached hydrogens (primary N) is 1. The molecule has 0 aliphatic carbocycles. The minimum atomic E-state index is -0.0802. The SMILES string of the molecule is CCn1nc(C)cc1C(=O)NC(C)CCN. The Morgan fingerprint density at radius 1 is 1.69 bits per heavy atom. The maximum atomic E-state index is 11.9. The second kappa shape index (κ2) is 5.65. The van der Waals surface area contributed by atoms with Crippen LogP contribution in [0.2, 0.25) is 0 Å². The third-order valence-electron chi connectivity index (χ3n) is 2.41. The van der Waals surface area contributed by atoms with Crippen molar-refractivity contribution in [1.29, 1.82) is 0 Å². The molecule has 5 heteroatoms. The summed E-state index contributed by atoms with van der Waals surface area (Å²) < 4.78 is 1.71. The molecule has 1 rings (SSSR count). The van der Waals surface area contributed by atoms with E-state index in [0.29, 0.717) is 18.8 Å². The molecule has 5 nitrogen and oxygen atoms in total. The molecule has 0 radical (unpaired) electrons. The van der Waals surface area contributed by atoms with Gasteiger partial charge in [-0.15, -0.1) is 0 Å². The van der Waals surface area contributed by atoms with Crippen LogP contribution in [0.3, 0.4) is 0 Å². The van der Waals surface area contributed by atoms with Crippen LogP contribution in [0.4, 0.5) is 0 Å². The summed E-state index contributed by atoms with van der Waals surface area (Å²) in [6.45, 7) is 7.07. The van der Waals surface area contributed by atoms with Crippen LogP contribution in [-0.2, 0) is 6.54 Å². The number of amides is 1. The van der Waals surface area contributed by atoms with E-state index in [4.69, 9.17) is 5.73 Å². The number of aryl methyl sites for hydroxylation is 2. The van der Waals surface area contributed by atoms with Crippen LogP contribution in [0.25, 0.3) is 0 Å². The monoisotopic (exact) mass is 224 g/mol. The molecule has 16 heavy (non-hydrogen) atoms. The molecular weight excluding hydrogens is 204 g/mol. The van der Waals surface area contributed by atoms with Gasteiger partial charge in [0, 0.05) is 12.6 Å². The summed E-state index contributed by atoms with van der Waals surface area (Å²) in [7, 11) is 0. The van der Waals surface area contributed by atoms with Crippen molar-refractivity contribution in [2.75, 3.05) is 6.54 Å². The molecule has 1 unspecified atom stereocenters. The fourth-order valence-electron chi connectivity index (χ4n) is 1.59. The summed E-state index contributed by atoms with van der Waals surface area (Å²) in [4.78, 5) is 11.9. The molecule has 0 saturated carbocycles. The topological polar surface area (TPSA) is 72.9 Å². The van der Waals surface area contributed by atoms with Gasteiger partial charge in [-0.2, -0.15) is 5.10 Å². The van der Waals surface area contributed by atoms with Gasteiger partial charge in [-0.25, -0.2) is 0 Å². The molecule has 0 bridgehead atoms. The molecule has 0 aliphatic rings. The molecular formula is C11H20N4O. The third kappa shape index (κ3) is 3.06. The molecule has 0 saturated heterocycles. The Morgan fingerprint density at radius 3 is 2.94 bits per heavy atom. The molecule has 3 N–H and O–H groups in total. The molecule has 0 aliphatic heterocycles. The lowest BCUT2D eigenvalue weighted by atomic mass is 10.2. The van der Waals surface area contributed by atoms with Gasteiger partial charge in [0.2, 0.25) is 0 Å². The molecule has 0 aromatic carbocycles. The zero-order valence-corrected chi connectivity index (χ0v) is 10.2. The number of hydrogen-bond donors (Lipinski definition) is 2. The highest BCUT2D eigenvalue weighted by atomic mass is 16.2. The van der Waals surface area contributed by atoms with Crippen LogP contribution in [0.5, 0.6) is 0 Å². The first-order chi connectivity index (χ1) is 7.58. The molecule has 1 amide bonds. The van der Waals surface area contributed by atoms with Crippen molar-refractivity contribution in [3.05, 3.63) is 17.5 Å². The van der Waals surface area contributed by atoms with Gasteiger partial charge in [0.25, 0.3) is 5.91 Å². The van der Waals surface area contributed by atoms with Crippen LogP contribution in [0, 0.1) is 6.92 Å². The molecule has 90 valence electrons. The highest BCUT2D eigenvalue weighted by molar-refractivity contribution is 5.92. The van der Waals surface area contributed by atoms with E-state index < -0.39 is 0 Å². The van der Waals surface area contributed by atoms with Gasteiger partial charge in [0.15, 0.2) is 0 Å². The Balaban J connectivity index is 2.72. The van der Waals surface area contributed by atoms with Crippen molar-refractivity contribution in [2.24, 2.45) is 5.73 Å². The quantitative estimate of drug-likeness (QED) is 0.772. The Labute approximate surface area is 96.0 Å². The van der Waals surface area contributed by atoms with Crippen LogP contribution in [0.15, 0.2) is 6.07 Å². The van der Waals surface area contributed by atoms with Crippen LogP contribution in [0.1, 0.15) is 36.5 Å². The van der Waals surface area contributed by atoms with Gasteiger partial charge >= 0.3 is 0 Å². The van der Waals surface area contributed by atoms with Gasteiger partial charge in [0.05, 0.1) is 5.69 Å². The predicted molar refractivity (Wildman–Crippen MR) is 63.2 cm³/mol. The van der Waals surface area contributed by atoms with E-state index in [0.717, 1.165) is 12.1 Å². The van der Waals surface area contributed by atoms with Crippen molar-refractivity contribution >= 4 is 5.91 Å². The summed E-state index contributed by atoms with van der Waals surface area (Å²) in [6.07, 6.45) is 0.783. The van der Waals surface area contributed by atoms with E-state index in [2.05, 4.69) is 10.4 Å².